The number of nitrogens with zero attached hydrogens (tertiary/aromatic N) is 5. The lowest BCUT2D eigenvalue weighted by atomic mass is 10.2. The molecule has 1 fully saturated rings. The molecule has 1 aliphatic heterocycles. The maximum absolute atomic E-state index is 8.88. The Morgan fingerprint density at radius 1 is 0.833 bits per heavy atom. The van der Waals surface area contributed by atoms with Gasteiger partial charge in [-0.25, -0.2) is 0 Å². The van der Waals surface area contributed by atoms with E-state index in [1.54, 1.807) is 0 Å². The first kappa shape index (κ1) is 16.5. The van der Waals surface area contributed by atoms with E-state index in [9.17, 15) is 0 Å². The standard InChI is InChI=1S/C19H23N5/c20-22-21-19-15-23(13-17-7-3-1-4-8-17)11-12-24(16-19)14-18-9-5-2-6-10-18/h1-10,19H,11-16H2. The Morgan fingerprint density at radius 2 is 1.29 bits per heavy atom. The highest BCUT2D eigenvalue weighted by molar-refractivity contribution is 5.15. The maximum atomic E-state index is 8.88. The molecule has 124 valence electrons. The summed E-state index contributed by atoms with van der Waals surface area (Å²) in [4.78, 5) is 7.83. The highest BCUT2D eigenvalue weighted by Crippen LogP contribution is 2.14. The number of hydrogen-bond acceptors (Lipinski definition) is 3. The van der Waals surface area contributed by atoms with Gasteiger partial charge in [0.05, 0.1) is 6.04 Å². The molecule has 0 amide bonds. The second-order valence-electron chi connectivity index (χ2n) is 6.30. The molecule has 0 unspecified atom stereocenters. The Hall–Kier alpha value is -2.33. The van der Waals surface area contributed by atoms with Gasteiger partial charge >= 0.3 is 0 Å². The van der Waals surface area contributed by atoms with Crippen molar-refractivity contribution >= 4 is 0 Å². The minimum atomic E-state index is -0.00933. The van der Waals surface area contributed by atoms with Crippen LogP contribution in [0.2, 0.25) is 0 Å². The highest BCUT2D eigenvalue weighted by Gasteiger charge is 2.22. The maximum Gasteiger partial charge on any atom is 0.0628 e. The number of benzene rings is 2. The number of azide groups is 1. The summed E-state index contributed by atoms with van der Waals surface area (Å²) in [5.41, 5.74) is 11.5. The van der Waals surface area contributed by atoms with Crippen LogP contribution < -0.4 is 0 Å². The van der Waals surface area contributed by atoms with E-state index in [2.05, 4.69) is 68.4 Å². The summed E-state index contributed by atoms with van der Waals surface area (Å²) in [5.74, 6) is 0. The molecule has 0 spiro atoms. The van der Waals surface area contributed by atoms with Crippen molar-refractivity contribution in [1.82, 2.24) is 9.80 Å². The molecule has 0 bridgehead atoms. The molecule has 0 aromatic heterocycles. The van der Waals surface area contributed by atoms with Crippen LogP contribution >= 0.6 is 0 Å². The average molecular weight is 321 g/mol. The minimum Gasteiger partial charge on any atom is -0.297 e. The second kappa shape index (κ2) is 8.50. The van der Waals surface area contributed by atoms with Crippen LogP contribution in [0.3, 0.4) is 0 Å². The summed E-state index contributed by atoms with van der Waals surface area (Å²) in [5, 5.41) is 4.02. The smallest absolute Gasteiger partial charge is 0.0628 e. The molecule has 0 saturated carbocycles. The average Bonchev–Trinajstić information content (AvgIpc) is 2.79. The third-order valence-corrected chi connectivity index (χ3v) is 4.38. The largest absolute Gasteiger partial charge is 0.297 e. The summed E-state index contributed by atoms with van der Waals surface area (Å²) < 4.78 is 0. The molecule has 0 N–H and O–H groups in total. The van der Waals surface area contributed by atoms with Crippen LogP contribution in [0, 0.1) is 0 Å². The third-order valence-electron chi connectivity index (χ3n) is 4.38. The summed E-state index contributed by atoms with van der Waals surface area (Å²) in [6, 6.07) is 20.9. The van der Waals surface area contributed by atoms with Crippen molar-refractivity contribution in [1.29, 1.82) is 0 Å². The van der Waals surface area contributed by atoms with Crippen molar-refractivity contribution in [3.63, 3.8) is 0 Å². The fourth-order valence-corrected chi connectivity index (χ4v) is 3.24. The third kappa shape index (κ3) is 4.83. The summed E-state index contributed by atoms with van der Waals surface area (Å²) in [7, 11) is 0. The van der Waals surface area contributed by atoms with Gasteiger partial charge in [0.1, 0.15) is 0 Å². The summed E-state index contributed by atoms with van der Waals surface area (Å²) in [6.45, 7) is 5.39. The van der Waals surface area contributed by atoms with E-state index in [0.29, 0.717) is 0 Å². The van der Waals surface area contributed by atoms with Crippen LogP contribution in [0.25, 0.3) is 10.4 Å². The van der Waals surface area contributed by atoms with E-state index in [4.69, 9.17) is 5.53 Å². The number of rotatable bonds is 5. The van der Waals surface area contributed by atoms with Crippen molar-refractivity contribution in [3.8, 4) is 0 Å². The van der Waals surface area contributed by atoms with Crippen molar-refractivity contribution < 1.29 is 0 Å². The van der Waals surface area contributed by atoms with Gasteiger partial charge in [-0.3, -0.25) is 9.80 Å². The van der Waals surface area contributed by atoms with Gasteiger partial charge < -0.3 is 0 Å². The Morgan fingerprint density at radius 3 is 1.71 bits per heavy atom. The molecule has 0 aliphatic carbocycles. The van der Waals surface area contributed by atoms with Crippen LogP contribution in [-0.2, 0) is 13.1 Å². The molecule has 0 radical (unpaired) electrons. The molecular formula is C19H23N5. The van der Waals surface area contributed by atoms with E-state index in [1.165, 1.54) is 11.1 Å². The first-order chi connectivity index (χ1) is 11.8. The molecule has 1 aliphatic rings. The van der Waals surface area contributed by atoms with E-state index >= 15 is 0 Å². The van der Waals surface area contributed by atoms with E-state index in [1.807, 2.05) is 12.1 Å². The zero-order valence-corrected chi connectivity index (χ0v) is 13.8. The Kier molecular flexibility index (Phi) is 5.85. The van der Waals surface area contributed by atoms with Crippen LogP contribution in [0.1, 0.15) is 11.1 Å². The zero-order chi connectivity index (χ0) is 16.6. The minimum absolute atomic E-state index is 0.00933. The van der Waals surface area contributed by atoms with Crippen molar-refractivity contribution in [2.75, 3.05) is 26.2 Å². The molecule has 2 aromatic rings. The van der Waals surface area contributed by atoms with Crippen LogP contribution in [0.5, 0.6) is 0 Å². The molecule has 3 rings (SSSR count). The van der Waals surface area contributed by atoms with Crippen LogP contribution in [-0.4, -0.2) is 42.0 Å². The fourth-order valence-electron chi connectivity index (χ4n) is 3.24. The second-order valence-corrected chi connectivity index (χ2v) is 6.30. The normalized spacial score (nSPS) is 17.2. The first-order valence-electron chi connectivity index (χ1n) is 8.40. The molecular weight excluding hydrogens is 298 g/mol. The molecule has 1 heterocycles. The van der Waals surface area contributed by atoms with Gasteiger partial charge in [-0.2, -0.15) is 0 Å². The van der Waals surface area contributed by atoms with Crippen molar-refractivity contribution in [2.24, 2.45) is 5.11 Å². The lowest BCUT2D eigenvalue weighted by Gasteiger charge is -2.21. The van der Waals surface area contributed by atoms with Gasteiger partial charge in [0.15, 0.2) is 0 Å². The van der Waals surface area contributed by atoms with E-state index in [0.717, 1.165) is 39.3 Å². The van der Waals surface area contributed by atoms with Crippen LogP contribution in [0.4, 0.5) is 0 Å². The van der Waals surface area contributed by atoms with Gasteiger partial charge in [0.25, 0.3) is 0 Å². The summed E-state index contributed by atoms with van der Waals surface area (Å²) >= 11 is 0. The highest BCUT2D eigenvalue weighted by atomic mass is 15.3. The molecule has 0 atom stereocenters. The Balaban J connectivity index is 1.66. The topological polar surface area (TPSA) is 55.2 Å². The van der Waals surface area contributed by atoms with Gasteiger partial charge in [0, 0.05) is 44.2 Å². The Bertz CT molecular complexity index is 615. The van der Waals surface area contributed by atoms with Gasteiger partial charge in [-0.15, -0.1) is 0 Å². The van der Waals surface area contributed by atoms with Gasteiger partial charge in [-0.05, 0) is 16.7 Å². The van der Waals surface area contributed by atoms with Gasteiger partial charge in [0.2, 0.25) is 0 Å². The van der Waals surface area contributed by atoms with E-state index < -0.39 is 0 Å². The molecule has 24 heavy (non-hydrogen) atoms. The number of hydrogen-bond donors (Lipinski definition) is 0. The zero-order valence-electron chi connectivity index (χ0n) is 13.8. The predicted molar refractivity (Wildman–Crippen MR) is 96.4 cm³/mol. The quantitative estimate of drug-likeness (QED) is 0.479. The first-order valence-corrected chi connectivity index (χ1v) is 8.40. The lowest BCUT2D eigenvalue weighted by molar-refractivity contribution is 0.247. The monoisotopic (exact) mass is 321 g/mol. The molecule has 1 saturated heterocycles. The van der Waals surface area contributed by atoms with Crippen molar-refractivity contribution in [3.05, 3.63) is 82.2 Å². The SMILES string of the molecule is [N-]=[N+]=NC1CN(Cc2ccccc2)CCN(Cc2ccccc2)C1. The predicted octanol–water partition coefficient (Wildman–Crippen LogP) is 3.68. The molecule has 2 aromatic carbocycles. The fraction of sp³-hybridized carbons (Fsp3) is 0.368. The summed E-state index contributed by atoms with van der Waals surface area (Å²) in [6.07, 6.45) is 0. The van der Waals surface area contributed by atoms with E-state index in [-0.39, 0.29) is 6.04 Å². The molecule has 5 heteroatoms. The van der Waals surface area contributed by atoms with Gasteiger partial charge in [-0.1, -0.05) is 65.8 Å². The lowest BCUT2D eigenvalue weighted by Crippen LogP contribution is -2.31. The Labute approximate surface area is 143 Å². The van der Waals surface area contributed by atoms with Crippen molar-refractivity contribution in [2.45, 2.75) is 19.1 Å². The van der Waals surface area contributed by atoms with Crippen LogP contribution in [0.15, 0.2) is 65.8 Å². The molecule has 5 nitrogen and oxygen atoms in total.